The molecule has 4 heteroatoms. The summed E-state index contributed by atoms with van der Waals surface area (Å²) in [6.45, 7) is 8.10. The van der Waals surface area contributed by atoms with Crippen LogP contribution in [0.15, 0.2) is 12.9 Å². The van der Waals surface area contributed by atoms with Crippen molar-refractivity contribution in [2.75, 3.05) is 19.0 Å². The minimum Gasteiger partial charge on any atom is -0.346 e. The van der Waals surface area contributed by atoms with Gasteiger partial charge in [-0.15, -0.1) is 5.10 Å². The molecule has 0 saturated carbocycles. The minimum absolute atomic E-state index is 0.386. The molecule has 0 N–H and O–H groups in total. The van der Waals surface area contributed by atoms with E-state index in [4.69, 9.17) is 0 Å². The van der Waals surface area contributed by atoms with Crippen LogP contribution in [0.1, 0.15) is 13.8 Å². The van der Waals surface area contributed by atoms with Crippen molar-refractivity contribution in [3.05, 3.63) is 12.9 Å². The summed E-state index contributed by atoms with van der Waals surface area (Å²) >= 11 is 0. The molecule has 0 atom stereocenters. The van der Waals surface area contributed by atoms with Gasteiger partial charge < -0.3 is 4.90 Å². The Hall–Kier alpha value is -1.32. The van der Waals surface area contributed by atoms with Gasteiger partial charge in [-0.3, -0.25) is 0 Å². The van der Waals surface area contributed by atoms with E-state index in [0.717, 1.165) is 5.70 Å². The molecule has 1 rings (SSSR count). The fourth-order valence-electron chi connectivity index (χ4n) is 0.862. The lowest BCUT2D eigenvalue weighted by molar-refractivity contribution is 0.744. The second kappa shape index (κ2) is 3.60. The first kappa shape index (κ1) is 9.77. The van der Waals surface area contributed by atoms with Gasteiger partial charge in [-0.2, -0.15) is 4.98 Å². The zero-order chi connectivity index (χ0) is 10.0. The largest absolute Gasteiger partial charge is 0.346 e. The highest BCUT2D eigenvalue weighted by Gasteiger charge is 2.07. The van der Waals surface area contributed by atoms with Crippen molar-refractivity contribution < 1.29 is 0 Å². The molecule has 0 amide bonds. The summed E-state index contributed by atoms with van der Waals surface area (Å²) in [5.41, 5.74) is 0.959. The predicted octanol–water partition coefficient (Wildman–Crippen LogP) is 1.47. The van der Waals surface area contributed by atoms with Crippen LogP contribution in [-0.2, 0) is 0 Å². The molecule has 72 valence electrons. The normalized spacial score (nSPS) is 10.5. The van der Waals surface area contributed by atoms with E-state index < -0.39 is 0 Å². The van der Waals surface area contributed by atoms with Gasteiger partial charge in [0, 0.05) is 19.8 Å². The van der Waals surface area contributed by atoms with Crippen molar-refractivity contribution in [1.29, 1.82) is 0 Å². The minimum atomic E-state index is 0.386. The summed E-state index contributed by atoms with van der Waals surface area (Å²) in [5, 5.41) is 4.26. The molecule has 0 saturated heterocycles. The van der Waals surface area contributed by atoms with Gasteiger partial charge in [0.25, 0.3) is 0 Å². The molecule has 1 heterocycles. The molecule has 0 aliphatic carbocycles. The number of hydrogen-bond donors (Lipinski definition) is 0. The van der Waals surface area contributed by atoms with Crippen LogP contribution in [0.5, 0.6) is 0 Å². The molecule has 0 aliphatic rings. The van der Waals surface area contributed by atoms with Gasteiger partial charge in [0.15, 0.2) is 0 Å². The van der Waals surface area contributed by atoms with Crippen molar-refractivity contribution in [2.24, 2.45) is 5.92 Å². The Bertz CT molecular complexity index is 298. The Labute approximate surface area is 78.9 Å². The summed E-state index contributed by atoms with van der Waals surface area (Å²) < 4.78 is 1.72. The number of allylic oxidation sites excluding steroid dienone is 1. The van der Waals surface area contributed by atoms with Gasteiger partial charge in [-0.1, -0.05) is 20.4 Å². The van der Waals surface area contributed by atoms with Gasteiger partial charge in [0.05, 0.1) is 0 Å². The van der Waals surface area contributed by atoms with Crippen LogP contribution in [0, 0.1) is 5.92 Å². The zero-order valence-corrected chi connectivity index (χ0v) is 8.65. The molecule has 0 aromatic carbocycles. The van der Waals surface area contributed by atoms with Crippen LogP contribution >= 0.6 is 0 Å². The third-order valence-electron chi connectivity index (χ3n) is 1.84. The Morgan fingerprint density at radius 3 is 2.54 bits per heavy atom. The number of nitrogens with zero attached hydrogens (tertiary/aromatic N) is 4. The summed E-state index contributed by atoms with van der Waals surface area (Å²) in [6.07, 6.45) is 1.69. The van der Waals surface area contributed by atoms with Crippen molar-refractivity contribution in [2.45, 2.75) is 13.8 Å². The van der Waals surface area contributed by atoms with Gasteiger partial charge in [0.1, 0.15) is 6.33 Å². The Kier molecular flexibility index (Phi) is 2.70. The lowest BCUT2D eigenvalue weighted by Crippen LogP contribution is -2.11. The number of rotatable bonds is 3. The van der Waals surface area contributed by atoms with Crippen LogP contribution in [0.4, 0.5) is 5.95 Å². The maximum atomic E-state index is 4.26. The number of hydrogen-bond acceptors (Lipinski definition) is 3. The fraction of sp³-hybridized carbons (Fsp3) is 0.556. The van der Waals surface area contributed by atoms with Crippen molar-refractivity contribution in [3.8, 4) is 0 Å². The molecular formula is C9H16N4. The first-order chi connectivity index (χ1) is 6.02. The molecule has 0 fully saturated rings. The standard InChI is InChI=1S/C9H16N4/c1-7(2)8(3)13-6-10-9(11-13)12(4)5/h6-7H,3H2,1-2,4-5H3. The first-order valence-corrected chi connectivity index (χ1v) is 4.30. The number of anilines is 1. The Morgan fingerprint density at radius 2 is 2.15 bits per heavy atom. The van der Waals surface area contributed by atoms with E-state index in [1.54, 1.807) is 11.0 Å². The first-order valence-electron chi connectivity index (χ1n) is 4.30. The predicted molar refractivity (Wildman–Crippen MR) is 54.5 cm³/mol. The average Bonchev–Trinajstić information content (AvgIpc) is 2.50. The zero-order valence-electron chi connectivity index (χ0n) is 8.65. The molecule has 0 aliphatic heterocycles. The highest BCUT2D eigenvalue weighted by atomic mass is 15.4. The maximum Gasteiger partial charge on any atom is 0.244 e. The summed E-state index contributed by atoms with van der Waals surface area (Å²) in [5.74, 6) is 1.10. The third-order valence-corrected chi connectivity index (χ3v) is 1.84. The topological polar surface area (TPSA) is 34.0 Å². The van der Waals surface area contributed by atoms with Gasteiger partial charge in [-0.25, -0.2) is 4.68 Å². The van der Waals surface area contributed by atoms with E-state index in [0.29, 0.717) is 11.9 Å². The van der Waals surface area contributed by atoms with Crippen LogP contribution in [-0.4, -0.2) is 28.9 Å². The van der Waals surface area contributed by atoms with Crippen LogP contribution < -0.4 is 4.90 Å². The van der Waals surface area contributed by atoms with Crippen molar-refractivity contribution >= 4 is 11.6 Å². The van der Waals surface area contributed by atoms with E-state index >= 15 is 0 Å². The van der Waals surface area contributed by atoms with E-state index in [2.05, 4.69) is 30.5 Å². The molecule has 1 aromatic heterocycles. The SMILES string of the molecule is C=C(C(C)C)n1cnc(N(C)C)n1. The summed E-state index contributed by atoms with van der Waals surface area (Å²) in [7, 11) is 3.83. The van der Waals surface area contributed by atoms with Crippen LogP contribution in [0.2, 0.25) is 0 Å². The van der Waals surface area contributed by atoms with E-state index in [9.17, 15) is 0 Å². The second-order valence-corrected chi connectivity index (χ2v) is 3.53. The van der Waals surface area contributed by atoms with E-state index in [1.165, 1.54) is 0 Å². The Balaban J connectivity index is 2.86. The molecule has 0 spiro atoms. The van der Waals surface area contributed by atoms with Crippen LogP contribution in [0.25, 0.3) is 5.70 Å². The molecule has 1 aromatic rings. The average molecular weight is 180 g/mol. The molecule has 0 unspecified atom stereocenters. The molecule has 13 heavy (non-hydrogen) atoms. The monoisotopic (exact) mass is 180 g/mol. The molecule has 4 nitrogen and oxygen atoms in total. The Morgan fingerprint density at radius 1 is 1.54 bits per heavy atom. The third kappa shape index (κ3) is 2.08. The lowest BCUT2D eigenvalue weighted by Gasteiger charge is -2.08. The van der Waals surface area contributed by atoms with Gasteiger partial charge in [-0.05, 0) is 5.92 Å². The van der Waals surface area contributed by atoms with E-state index in [1.807, 2.05) is 19.0 Å². The van der Waals surface area contributed by atoms with Crippen molar-refractivity contribution in [3.63, 3.8) is 0 Å². The number of aromatic nitrogens is 3. The molecular weight excluding hydrogens is 164 g/mol. The summed E-state index contributed by atoms with van der Waals surface area (Å²) in [6, 6.07) is 0. The molecule has 0 radical (unpaired) electrons. The van der Waals surface area contributed by atoms with Gasteiger partial charge in [0.2, 0.25) is 5.95 Å². The summed E-state index contributed by atoms with van der Waals surface area (Å²) in [4.78, 5) is 6.00. The van der Waals surface area contributed by atoms with Gasteiger partial charge >= 0.3 is 0 Å². The fourth-order valence-corrected chi connectivity index (χ4v) is 0.862. The quantitative estimate of drug-likeness (QED) is 0.706. The molecule has 0 bridgehead atoms. The van der Waals surface area contributed by atoms with E-state index in [-0.39, 0.29) is 0 Å². The highest BCUT2D eigenvalue weighted by Crippen LogP contribution is 2.13. The lowest BCUT2D eigenvalue weighted by atomic mass is 10.2. The second-order valence-electron chi connectivity index (χ2n) is 3.53. The maximum absolute atomic E-state index is 4.26. The smallest absolute Gasteiger partial charge is 0.244 e. The highest BCUT2D eigenvalue weighted by molar-refractivity contribution is 5.42. The van der Waals surface area contributed by atoms with Crippen LogP contribution in [0.3, 0.4) is 0 Å². The van der Waals surface area contributed by atoms with Crippen molar-refractivity contribution in [1.82, 2.24) is 14.8 Å².